The topological polar surface area (TPSA) is 18.8 Å². The zero-order valence-corrected chi connectivity index (χ0v) is 10.5. The summed E-state index contributed by atoms with van der Waals surface area (Å²) < 4.78 is 0. The maximum atomic E-state index is 4.36. The normalized spacial score (nSPS) is 22.4. The van der Waals surface area contributed by atoms with E-state index in [9.17, 15) is 0 Å². The van der Waals surface area contributed by atoms with Crippen molar-refractivity contribution >= 4 is 5.71 Å². The van der Waals surface area contributed by atoms with E-state index < -0.39 is 0 Å². The summed E-state index contributed by atoms with van der Waals surface area (Å²) in [4.78, 5) is 8.84. The van der Waals surface area contributed by atoms with E-state index in [1.165, 1.54) is 22.7 Å². The number of rotatable bonds is 1. The van der Waals surface area contributed by atoms with Gasteiger partial charge >= 0.3 is 0 Å². The minimum absolute atomic E-state index is 0.941. The van der Waals surface area contributed by atoms with Gasteiger partial charge in [-0.3, -0.25) is 4.99 Å². The van der Waals surface area contributed by atoms with E-state index in [2.05, 4.69) is 54.2 Å². The molecule has 0 unspecified atom stereocenters. The van der Waals surface area contributed by atoms with Gasteiger partial charge in [0.15, 0.2) is 0 Å². The molecule has 3 nitrogen and oxygen atoms in total. The lowest BCUT2D eigenvalue weighted by atomic mass is 9.99. The molecule has 0 fully saturated rings. The first-order valence-electron chi connectivity index (χ1n) is 5.61. The lowest BCUT2D eigenvalue weighted by Crippen LogP contribution is -2.31. The second-order valence-corrected chi connectivity index (χ2v) is 4.44. The summed E-state index contributed by atoms with van der Waals surface area (Å²) in [6.45, 7) is 3.10. The SMILES string of the molecule is CN=C1CC2=C(N(C)C)C=CCN2C=C1C. The van der Waals surface area contributed by atoms with Gasteiger partial charge in [0.05, 0.1) is 5.70 Å². The Hall–Kier alpha value is -1.51. The fraction of sp³-hybridized carbons (Fsp3) is 0.462. The van der Waals surface area contributed by atoms with Crippen molar-refractivity contribution in [1.82, 2.24) is 9.80 Å². The van der Waals surface area contributed by atoms with Gasteiger partial charge in [0.1, 0.15) is 0 Å². The Labute approximate surface area is 97.5 Å². The fourth-order valence-corrected chi connectivity index (χ4v) is 2.22. The molecule has 0 amide bonds. The molecule has 0 saturated carbocycles. The molecule has 86 valence electrons. The number of aliphatic imine (C=N–C) groups is 1. The average Bonchev–Trinajstić information content (AvgIpc) is 2.26. The average molecular weight is 217 g/mol. The predicted molar refractivity (Wildman–Crippen MR) is 68.3 cm³/mol. The lowest BCUT2D eigenvalue weighted by molar-refractivity contribution is 0.432. The first-order chi connectivity index (χ1) is 7.63. The molecule has 0 N–H and O–H groups in total. The van der Waals surface area contributed by atoms with Crippen LogP contribution in [0.2, 0.25) is 0 Å². The summed E-state index contributed by atoms with van der Waals surface area (Å²) in [5.74, 6) is 0. The Kier molecular flexibility index (Phi) is 2.86. The van der Waals surface area contributed by atoms with Gasteiger partial charge in [0.2, 0.25) is 0 Å². The number of nitrogens with zero attached hydrogens (tertiary/aromatic N) is 3. The number of likely N-dealkylation sites (N-methyl/N-ethyl adjacent to an activating group) is 1. The summed E-state index contributed by atoms with van der Waals surface area (Å²) in [7, 11) is 6.05. The van der Waals surface area contributed by atoms with Crippen molar-refractivity contribution in [3.8, 4) is 0 Å². The van der Waals surface area contributed by atoms with E-state index in [4.69, 9.17) is 0 Å². The van der Waals surface area contributed by atoms with Gasteiger partial charge < -0.3 is 9.80 Å². The molecular weight excluding hydrogens is 198 g/mol. The molecule has 2 aliphatic rings. The van der Waals surface area contributed by atoms with Crippen molar-refractivity contribution in [2.75, 3.05) is 27.7 Å². The van der Waals surface area contributed by atoms with Gasteiger partial charge in [-0.1, -0.05) is 6.08 Å². The van der Waals surface area contributed by atoms with Gasteiger partial charge in [-0.05, 0) is 18.6 Å². The van der Waals surface area contributed by atoms with Crippen LogP contribution in [-0.4, -0.2) is 43.2 Å². The van der Waals surface area contributed by atoms with Gasteiger partial charge in [-0.15, -0.1) is 0 Å². The van der Waals surface area contributed by atoms with Gasteiger partial charge in [-0.25, -0.2) is 0 Å². The Morgan fingerprint density at radius 3 is 2.75 bits per heavy atom. The largest absolute Gasteiger partial charge is 0.376 e. The molecule has 2 heterocycles. The smallest absolute Gasteiger partial charge is 0.0560 e. The molecule has 0 radical (unpaired) electrons. The van der Waals surface area contributed by atoms with Crippen molar-refractivity contribution in [1.29, 1.82) is 0 Å². The fourth-order valence-electron chi connectivity index (χ4n) is 2.22. The number of hydrogen-bond acceptors (Lipinski definition) is 3. The van der Waals surface area contributed by atoms with Crippen molar-refractivity contribution in [3.63, 3.8) is 0 Å². The maximum absolute atomic E-state index is 4.36. The molecule has 16 heavy (non-hydrogen) atoms. The van der Waals surface area contributed by atoms with E-state index in [0.29, 0.717) is 0 Å². The summed E-state index contributed by atoms with van der Waals surface area (Å²) >= 11 is 0. The summed E-state index contributed by atoms with van der Waals surface area (Å²) in [5, 5.41) is 0. The third kappa shape index (κ3) is 1.77. The van der Waals surface area contributed by atoms with Gasteiger partial charge in [-0.2, -0.15) is 0 Å². The highest BCUT2D eigenvalue weighted by atomic mass is 15.2. The number of hydrogen-bond donors (Lipinski definition) is 0. The van der Waals surface area contributed by atoms with Crippen LogP contribution in [0.25, 0.3) is 0 Å². The first-order valence-corrected chi connectivity index (χ1v) is 5.61. The van der Waals surface area contributed by atoms with Crippen LogP contribution in [0.1, 0.15) is 13.3 Å². The Balaban J connectivity index is 2.45. The molecular formula is C13H19N3. The molecule has 0 bridgehead atoms. The van der Waals surface area contributed by atoms with Crippen LogP contribution >= 0.6 is 0 Å². The standard InChI is InChI=1S/C13H19N3/c1-10-9-16-7-5-6-12(15(3)4)13(16)8-11(10)14-2/h5-6,9H,7-8H2,1-4H3. The summed E-state index contributed by atoms with van der Waals surface area (Å²) in [6.07, 6.45) is 7.55. The minimum atomic E-state index is 0.941. The Morgan fingerprint density at radius 1 is 1.38 bits per heavy atom. The molecule has 0 aliphatic carbocycles. The van der Waals surface area contributed by atoms with Crippen LogP contribution in [-0.2, 0) is 0 Å². The van der Waals surface area contributed by atoms with Gasteiger partial charge in [0, 0.05) is 51.7 Å². The highest BCUT2D eigenvalue weighted by Gasteiger charge is 2.23. The van der Waals surface area contributed by atoms with E-state index >= 15 is 0 Å². The van der Waals surface area contributed by atoms with Crippen LogP contribution in [0.4, 0.5) is 0 Å². The molecule has 2 rings (SSSR count). The van der Waals surface area contributed by atoms with Crippen molar-refractivity contribution in [2.24, 2.45) is 4.99 Å². The molecule has 0 aromatic rings. The minimum Gasteiger partial charge on any atom is -0.376 e. The quantitative estimate of drug-likeness (QED) is 0.669. The second-order valence-electron chi connectivity index (χ2n) is 4.44. The van der Waals surface area contributed by atoms with Crippen molar-refractivity contribution in [3.05, 3.63) is 35.3 Å². The zero-order chi connectivity index (χ0) is 11.7. The van der Waals surface area contributed by atoms with Crippen LogP contribution < -0.4 is 0 Å². The second kappa shape index (κ2) is 4.16. The van der Waals surface area contributed by atoms with Crippen molar-refractivity contribution in [2.45, 2.75) is 13.3 Å². The highest BCUT2D eigenvalue weighted by molar-refractivity contribution is 6.02. The summed E-state index contributed by atoms with van der Waals surface area (Å²) in [5.41, 5.74) is 5.12. The van der Waals surface area contributed by atoms with Crippen LogP contribution in [0.5, 0.6) is 0 Å². The first kappa shape index (κ1) is 11.0. The molecule has 0 spiro atoms. The molecule has 0 atom stereocenters. The van der Waals surface area contributed by atoms with E-state index in [1.807, 2.05) is 7.05 Å². The van der Waals surface area contributed by atoms with Crippen LogP contribution in [0, 0.1) is 0 Å². The third-order valence-electron chi connectivity index (χ3n) is 3.11. The summed E-state index contributed by atoms with van der Waals surface area (Å²) in [6, 6.07) is 0. The lowest BCUT2D eigenvalue weighted by Gasteiger charge is -2.34. The van der Waals surface area contributed by atoms with E-state index in [-0.39, 0.29) is 0 Å². The van der Waals surface area contributed by atoms with E-state index in [1.54, 1.807) is 0 Å². The molecule has 0 aromatic carbocycles. The highest BCUT2D eigenvalue weighted by Crippen LogP contribution is 2.28. The Bertz CT molecular complexity index is 411. The van der Waals surface area contributed by atoms with Crippen molar-refractivity contribution < 1.29 is 0 Å². The zero-order valence-electron chi connectivity index (χ0n) is 10.5. The molecule has 2 aliphatic heterocycles. The molecule has 0 aromatic heterocycles. The molecule has 3 heteroatoms. The Morgan fingerprint density at radius 2 is 2.12 bits per heavy atom. The number of allylic oxidation sites excluding steroid dienone is 3. The monoisotopic (exact) mass is 217 g/mol. The van der Waals surface area contributed by atoms with Crippen LogP contribution in [0.15, 0.2) is 40.3 Å². The number of fused-ring (bicyclic) bond motifs is 1. The van der Waals surface area contributed by atoms with E-state index in [0.717, 1.165) is 13.0 Å². The predicted octanol–water partition coefficient (Wildman–Crippen LogP) is 2.01. The van der Waals surface area contributed by atoms with Crippen LogP contribution in [0.3, 0.4) is 0 Å². The maximum Gasteiger partial charge on any atom is 0.0560 e. The third-order valence-corrected chi connectivity index (χ3v) is 3.11. The van der Waals surface area contributed by atoms with Gasteiger partial charge in [0.25, 0.3) is 0 Å². The molecule has 0 saturated heterocycles.